The highest BCUT2D eigenvalue weighted by molar-refractivity contribution is 5.93. The SMILES string of the molecule is CCONC(=O)c1ccc(Cn2ccnc2)cc1. The third-order valence-corrected chi connectivity index (χ3v) is 2.45. The molecule has 94 valence electrons. The average Bonchev–Trinajstić information content (AvgIpc) is 2.89. The smallest absolute Gasteiger partial charge is 0.274 e. The van der Waals surface area contributed by atoms with Crippen LogP contribution in [0.5, 0.6) is 0 Å². The lowest BCUT2D eigenvalue weighted by atomic mass is 10.1. The van der Waals surface area contributed by atoms with Gasteiger partial charge in [-0.05, 0) is 24.6 Å². The van der Waals surface area contributed by atoms with E-state index in [-0.39, 0.29) is 5.91 Å². The molecule has 0 aliphatic carbocycles. The van der Waals surface area contributed by atoms with E-state index in [4.69, 9.17) is 4.84 Å². The van der Waals surface area contributed by atoms with Crippen molar-refractivity contribution in [1.82, 2.24) is 15.0 Å². The zero-order valence-corrected chi connectivity index (χ0v) is 10.2. The Morgan fingerprint density at radius 3 is 2.78 bits per heavy atom. The van der Waals surface area contributed by atoms with Crippen molar-refractivity contribution in [2.75, 3.05) is 6.61 Å². The Balaban J connectivity index is 1.99. The zero-order valence-electron chi connectivity index (χ0n) is 10.2. The van der Waals surface area contributed by atoms with Crippen LogP contribution in [0.3, 0.4) is 0 Å². The minimum absolute atomic E-state index is 0.231. The standard InChI is InChI=1S/C13H15N3O2/c1-2-18-15-13(17)12-5-3-11(4-6-12)9-16-8-7-14-10-16/h3-8,10H,2,9H2,1H3,(H,15,17). The molecule has 18 heavy (non-hydrogen) atoms. The third-order valence-electron chi connectivity index (χ3n) is 2.45. The van der Waals surface area contributed by atoms with Gasteiger partial charge in [-0.2, -0.15) is 0 Å². The second-order valence-electron chi connectivity index (χ2n) is 3.80. The van der Waals surface area contributed by atoms with E-state index >= 15 is 0 Å². The number of aromatic nitrogens is 2. The van der Waals surface area contributed by atoms with Gasteiger partial charge in [0.15, 0.2) is 0 Å². The lowest BCUT2D eigenvalue weighted by Crippen LogP contribution is -2.23. The Kier molecular flexibility index (Phi) is 4.09. The molecule has 0 radical (unpaired) electrons. The second-order valence-corrected chi connectivity index (χ2v) is 3.80. The molecular weight excluding hydrogens is 230 g/mol. The van der Waals surface area contributed by atoms with Crippen molar-refractivity contribution in [3.63, 3.8) is 0 Å². The topological polar surface area (TPSA) is 56.1 Å². The van der Waals surface area contributed by atoms with Crippen molar-refractivity contribution < 1.29 is 9.63 Å². The molecule has 1 heterocycles. The van der Waals surface area contributed by atoms with Gasteiger partial charge in [0, 0.05) is 24.5 Å². The quantitative estimate of drug-likeness (QED) is 0.814. The highest BCUT2D eigenvalue weighted by Crippen LogP contribution is 2.06. The van der Waals surface area contributed by atoms with Crippen LogP contribution in [0.2, 0.25) is 0 Å². The van der Waals surface area contributed by atoms with E-state index in [0.717, 1.165) is 12.1 Å². The van der Waals surface area contributed by atoms with Gasteiger partial charge in [0.1, 0.15) is 0 Å². The predicted molar refractivity (Wildman–Crippen MR) is 66.9 cm³/mol. The van der Waals surface area contributed by atoms with E-state index in [2.05, 4.69) is 10.5 Å². The number of rotatable bonds is 5. The third kappa shape index (κ3) is 3.18. The number of hydroxylamine groups is 1. The number of amides is 1. The summed E-state index contributed by atoms with van der Waals surface area (Å²) >= 11 is 0. The Labute approximate surface area is 105 Å². The lowest BCUT2D eigenvalue weighted by molar-refractivity contribution is 0.0364. The van der Waals surface area contributed by atoms with Crippen LogP contribution in [-0.4, -0.2) is 22.1 Å². The average molecular weight is 245 g/mol. The molecule has 0 saturated carbocycles. The van der Waals surface area contributed by atoms with E-state index in [0.29, 0.717) is 12.2 Å². The van der Waals surface area contributed by atoms with Crippen LogP contribution in [-0.2, 0) is 11.4 Å². The number of imidazole rings is 1. The normalized spacial score (nSPS) is 10.3. The van der Waals surface area contributed by atoms with Crippen molar-refractivity contribution in [2.45, 2.75) is 13.5 Å². The Hall–Kier alpha value is -2.14. The molecule has 0 aliphatic rings. The molecule has 1 amide bonds. The number of hydrogen-bond donors (Lipinski definition) is 1. The summed E-state index contributed by atoms with van der Waals surface area (Å²) in [6, 6.07) is 7.39. The molecule has 1 aromatic carbocycles. The maximum Gasteiger partial charge on any atom is 0.274 e. The van der Waals surface area contributed by atoms with Gasteiger partial charge in [0.25, 0.3) is 5.91 Å². The number of carbonyl (C=O) groups is 1. The van der Waals surface area contributed by atoms with Gasteiger partial charge >= 0.3 is 0 Å². The highest BCUT2D eigenvalue weighted by Gasteiger charge is 2.04. The fourth-order valence-electron chi connectivity index (χ4n) is 1.55. The summed E-state index contributed by atoms with van der Waals surface area (Å²) in [5.74, 6) is -0.231. The van der Waals surface area contributed by atoms with Crippen LogP contribution >= 0.6 is 0 Å². The Morgan fingerprint density at radius 2 is 2.17 bits per heavy atom. The van der Waals surface area contributed by atoms with Crippen LogP contribution in [0.1, 0.15) is 22.8 Å². The molecule has 2 rings (SSSR count). The van der Waals surface area contributed by atoms with Crippen molar-refractivity contribution in [1.29, 1.82) is 0 Å². The molecule has 5 heteroatoms. The Bertz CT molecular complexity index is 491. The molecule has 2 aromatic rings. The number of nitrogens with zero attached hydrogens (tertiary/aromatic N) is 2. The fourth-order valence-corrected chi connectivity index (χ4v) is 1.55. The summed E-state index contributed by atoms with van der Waals surface area (Å²) in [4.78, 5) is 20.4. The number of hydrogen-bond acceptors (Lipinski definition) is 3. The first-order valence-electron chi connectivity index (χ1n) is 5.76. The van der Waals surface area contributed by atoms with E-state index in [9.17, 15) is 4.79 Å². The lowest BCUT2D eigenvalue weighted by Gasteiger charge is -2.05. The molecule has 0 atom stereocenters. The van der Waals surface area contributed by atoms with Crippen LogP contribution in [0.25, 0.3) is 0 Å². The van der Waals surface area contributed by atoms with Gasteiger partial charge in [-0.25, -0.2) is 10.5 Å². The monoisotopic (exact) mass is 245 g/mol. The molecule has 0 unspecified atom stereocenters. The van der Waals surface area contributed by atoms with E-state index in [1.54, 1.807) is 24.7 Å². The van der Waals surface area contributed by atoms with Gasteiger partial charge in [-0.15, -0.1) is 0 Å². The summed E-state index contributed by atoms with van der Waals surface area (Å²) in [6.07, 6.45) is 5.40. The van der Waals surface area contributed by atoms with Gasteiger partial charge in [0.2, 0.25) is 0 Å². The van der Waals surface area contributed by atoms with Gasteiger partial charge in [0.05, 0.1) is 12.9 Å². The fraction of sp³-hybridized carbons (Fsp3) is 0.231. The van der Waals surface area contributed by atoms with E-state index in [1.807, 2.05) is 29.8 Å². The first-order chi connectivity index (χ1) is 8.79. The molecular formula is C13H15N3O2. The van der Waals surface area contributed by atoms with Crippen LogP contribution in [0, 0.1) is 0 Å². The van der Waals surface area contributed by atoms with Crippen molar-refractivity contribution in [3.8, 4) is 0 Å². The molecule has 5 nitrogen and oxygen atoms in total. The maximum atomic E-state index is 11.6. The molecule has 0 bridgehead atoms. The first-order valence-corrected chi connectivity index (χ1v) is 5.76. The minimum atomic E-state index is -0.231. The zero-order chi connectivity index (χ0) is 12.8. The molecule has 0 saturated heterocycles. The summed E-state index contributed by atoms with van der Waals surface area (Å²) in [6.45, 7) is 3.01. The summed E-state index contributed by atoms with van der Waals surface area (Å²) in [5.41, 5.74) is 4.05. The van der Waals surface area contributed by atoms with Crippen molar-refractivity contribution >= 4 is 5.91 Å². The number of nitrogens with one attached hydrogen (secondary N) is 1. The molecule has 0 spiro atoms. The van der Waals surface area contributed by atoms with Crippen LogP contribution < -0.4 is 5.48 Å². The molecule has 0 fully saturated rings. The van der Waals surface area contributed by atoms with Crippen molar-refractivity contribution in [3.05, 3.63) is 54.1 Å². The predicted octanol–water partition coefficient (Wildman–Crippen LogP) is 1.61. The summed E-state index contributed by atoms with van der Waals surface area (Å²) < 4.78 is 1.97. The minimum Gasteiger partial charge on any atom is -0.333 e. The largest absolute Gasteiger partial charge is 0.333 e. The van der Waals surface area contributed by atoms with Crippen LogP contribution in [0.4, 0.5) is 0 Å². The summed E-state index contributed by atoms with van der Waals surface area (Å²) in [7, 11) is 0. The van der Waals surface area contributed by atoms with Gasteiger partial charge in [-0.3, -0.25) is 9.63 Å². The van der Waals surface area contributed by atoms with Crippen molar-refractivity contribution in [2.24, 2.45) is 0 Å². The maximum absolute atomic E-state index is 11.6. The molecule has 1 aromatic heterocycles. The first kappa shape index (κ1) is 12.3. The molecule has 0 aliphatic heterocycles. The Morgan fingerprint density at radius 1 is 1.39 bits per heavy atom. The van der Waals surface area contributed by atoms with Crippen LogP contribution in [0.15, 0.2) is 43.0 Å². The highest BCUT2D eigenvalue weighted by atomic mass is 16.6. The number of benzene rings is 1. The van der Waals surface area contributed by atoms with E-state index < -0.39 is 0 Å². The van der Waals surface area contributed by atoms with Gasteiger partial charge in [-0.1, -0.05) is 12.1 Å². The van der Waals surface area contributed by atoms with E-state index in [1.165, 1.54) is 0 Å². The second kappa shape index (κ2) is 5.97. The molecule has 1 N–H and O–H groups in total. The summed E-state index contributed by atoms with van der Waals surface area (Å²) in [5, 5.41) is 0. The number of carbonyl (C=O) groups excluding carboxylic acids is 1. The van der Waals surface area contributed by atoms with Gasteiger partial charge < -0.3 is 4.57 Å².